The van der Waals surface area contributed by atoms with Crippen molar-refractivity contribution in [3.8, 4) is 0 Å². The Morgan fingerprint density at radius 1 is 1.31 bits per heavy atom. The van der Waals surface area contributed by atoms with Crippen molar-refractivity contribution >= 4 is 0 Å². The van der Waals surface area contributed by atoms with E-state index in [0.29, 0.717) is 6.10 Å². The topological polar surface area (TPSA) is 21.3 Å². The van der Waals surface area contributed by atoms with Gasteiger partial charge in [-0.25, -0.2) is 0 Å². The Morgan fingerprint density at radius 2 is 2.12 bits per heavy atom. The van der Waals surface area contributed by atoms with E-state index < -0.39 is 0 Å². The molecular formula is C14H29NO. The third-order valence-electron chi connectivity index (χ3n) is 3.54. The summed E-state index contributed by atoms with van der Waals surface area (Å²) in [5, 5.41) is 3.43. The predicted molar refractivity (Wildman–Crippen MR) is 69.8 cm³/mol. The fourth-order valence-electron chi connectivity index (χ4n) is 2.12. The molecule has 0 saturated heterocycles. The molecule has 0 bridgehead atoms. The zero-order valence-electron chi connectivity index (χ0n) is 11.1. The standard InChI is InChI=1S/C14H29NO/c1-3-10-15-11-5-6-13(2)16-12-9-14-7-4-8-14/h13-15H,3-12H2,1-2H3. The van der Waals surface area contributed by atoms with Crippen LogP contribution in [0.5, 0.6) is 0 Å². The molecule has 0 radical (unpaired) electrons. The number of rotatable bonds is 10. The Bertz CT molecular complexity index is 157. The van der Waals surface area contributed by atoms with Gasteiger partial charge in [0.1, 0.15) is 0 Å². The summed E-state index contributed by atoms with van der Waals surface area (Å²) in [5.41, 5.74) is 0. The molecule has 0 aromatic carbocycles. The second-order valence-electron chi connectivity index (χ2n) is 5.16. The second kappa shape index (κ2) is 9.00. The van der Waals surface area contributed by atoms with E-state index in [1.807, 2.05) is 0 Å². The second-order valence-corrected chi connectivity index (χ2v) is 5.16. The van der Waals surface area contributed by atoms with Crippen molar-refractivity contribution in [1.29, 1.82) is 0 Å². The molecule has 2 heteroatoms. The molecule has 1 unspecified atom stereocenters. The van der Waals surface area contributed by atoms with Gasteiger partial charge in [0, 0.05) is 6.61 Å². The Labute approximate surface area is 101 Å². The largest absolute Gasteiger partial charge is 0.378 e. The van der Waals surface area contributed by atoms with Gasteiger partial charge in [0.25, 0.3) is 0 Å². The van der Waals surface area contributed by atoms with Crippen LogP contribution in [0.2, 0.25) is 0 Å². The lowest BCUT2D eigenvalue weighted by Gasteiger charge is -2.25. The van der Waals surface area contributed by atoms with Crippen molar-refractivity contribution in [2.75, 3.05) is 19.7 Å². The molecule has 0 heterocycles. The molecule has 0 aliphatic heterocycles. The van der Waals surface area contributed by atoms with Gasteiger partial charge in [-0.05, 0) is 51.6 Å². The number of nitrogens with one attached hydrogen (secondary N) is 1. The van der Waals surface area contributed by atoms with Gasteiger partial charge in [0.05, 0.1) is 6.10 Å². The van der Waals surface area contributed by atoms with Gasteiger partial charge in [-0.3, -0.25) is 0 Å². The fraction of sp³-hybridized carbons (Fsp3) is 1.00. The lowest BCUT2D eigenvalue weighted by molar-refractivity contribution is 0.0431. The molecule has 0 amide bonds. The average Bonchev–Trinajstić information content (AvgIpc) is 2.21. The highest BCUT2D eigenvalue weighted by molar-refractivity contribution is 4.69. The van der Waals surface area contributed by atoms with E-state index in [2.05, 4.69) is 19.2 Å². The molecule has 1 aliphatic carbocycles. The van der Waals surface area contributed by atoms with E-state index >= 15 is 0 Å². The van der Waals surface area contributed by atoms with E-state index in [4.69, 9.17) is 4.74 Å². The molecule has 2 nitrogen and oxygen atoms in total. The Morgan fingerprint density at radius 3 is 2.75 bits per heavy atom. The minimum atomic E-state index is 0.448. The Hall–Kier alpha value is -0.0800. The van der Waals surface area contributed by atoms with Gasteiger partial charge in [-0.1, -0.05) is 26.2 Å². The highest BCUT2D eigenvalue weighted by Gasteiger charge is 2.16. The lowest BCUT2D eigenvalue weighted by atomic mass is 9.83. The van der Waals surface area contributed by atoms with Gasteiger partial charge in [-0.2, -0.15) is 0 Å². The number of ether oxygens (including phenoxy) is 1. The van der Waals surface area contributed by atoms with Crippen LogP contribution in [0.4, 0.5) is 0 Å². The third kappa shape index (κ3) is 6.49. The molecule has 1 fully saturated rings. The average molecular weight is 227 g/mol. The van der Waals surface area contributed by atoms with Gasteiger partial charge >= 0.3 is 0 Å². The minimum Gasteiger partial charge on any atom is -0.378 e. The van der Waals surface area contributed by atoms with Crippen LogP contribution in [-0.4, -0.2) is 25.8 Å². The summed E-state index contributed by atoms with van der Waals surface area (Å²) in [4.78, 5) is 0. The summed E-state index contributed by atoms with van der Waals surface area (Å²) in [6, 6.07) is 0. The maximum Gasteiger partial charge on any atom is 0.0547 e. The molecule has 96 valence electrons. The summed E-state index contributed by atoms with van der Waals surface area (Å²) in [5.74, 6) is 0.985. The monoisotopic (exact) mass is 227 g/mol. The first-order valence-electron chi connectivity index (χ1n) is 7.15. The normalized spacial score (nSPS) is 18.4. The zero-order chi connectivity index (χ0) is 11.6. The van der Waals surface area contributed by atoms with Crippen LogP contribution in [-0.2, 0) is 4.74 Å². The van der Waals surface area contributed by atoms with Gasteiger partial charge in [0.2, 0.25) is 0 Å². The Kier molecular flexibility index (Phi) is 7.87. The van der Waals surface area contributed by atoms with Crippen molar-refractivity contribution in [2.24, 2.45) is 5.92 Å². The molecule has 1 aliphatic rings. The molecule has 0 aromatic heterocycles. The van der Waals surface area contributed by atoms with Crippen LogP contribution < -0.4 is 5.32 Å². The molecule has 0 spiro atoms. The van der Waals surface area contributed by atoms with E-state index in [1.54, 1.807) is 0 Å². The molecule has 1 N–H and O–H groups in total. The van der Waals surface area contributed by atoms with E-state index in [0.717, 1.165) is 25.6 Å². The third-order valence-corrected chi connectivity index (χ3v) is 3.54. The SMILES string of the molecule is CCCNCCCC(C)OCCC1CCC1. The summed E-state index contributed by atoms with van der Waals surface area (Å²) in [6.07, 6.45) is 9.74. The maximum absolute atomic E-state index is 5.83. The molecular weight excluding hydrogens is 198 g/mol. The van der Waals surface area contributed by atoms with Crippen LogP contribution in [0, 0.1) is 5.92 Å². The fourth-order valence-corrected chi connectivity index (χ4v) is 2.12. The highest BCUT2D eigenvalue weighted by atomic mass is 16.5. The van der Waals surface area contributed by atoms with Gasteiger partial charge in [-0.15, -0.1) is 0 Å². The first kappa shape index (κ1) is 14.0. The summed E-state index contributed by atoms with van der Waals surface area (Å²) >= 11 is 0. The molecule has 0 aromatic rings. The van der Waals surface area contributed by atoms with Crippen molar-refractivity contribution < 1.29 is 4.74 Å². The number of hydrogen-bond acceptors (Lipinski definition) is 2. The Balaban J connectivity index is 1.80. The van der Waals surface area contributed by atoms with Crippen LogP contribution in [0.1, 0.15) is 58.8 Å². The van der Waals surface area contributed by atoms with Crippen molar-refractivity contribution in [3.05, 3.63) is 0 Å². The van der Waals surface area contributed by atoms with Crippen molar-refractivity contribution in [2.45, 2.75) is 64.9 Å². The zero-order valence-corrected chi connectivity index (χ0v) is 11.1. The minimum absolute atomic E-state index is 0.448. The number of hydrogen-bond donors (Lipinski definition) is 1. The first-order chi connectivity index (χ1) is 7.83. The van der Waals surface area contributed by atoms with E-state index in [1.165, 1.54) is 44.9 Å². The van der Waals surface area contributed by atoms with Crippen LogP contribution in [0.25, 0.3) is 0 Å². The molecule has 16 heavy (non-hydrogen) atoms. The predicted octanol–water partition coefficient (Wildman–Crippen LogP) is 3.36. The quantitative estimate of drug-likeness (QED) is 0.578. The molecule has 1 rings (SSSR count). The summed E-state index contributed by atoms with van der Waals surface area (Å²) < 4.78 is 5.83. The van der Waals surface area contributed by atoms with E-state index in [-0.39, 0.29) is 0 Å². The van der Waals surface area contributed by atoms with Crippen LogP contribution >= 0.6 is 0 Å². The summed E-state index contributed by atoms with van der Waals surface area (Å²) in [6.45, 7) is 7.69. The van der Waals surface area contributed by atoms with Crippen molar-refractivity contribution in [1.82, 2.24) is 5.32 Å². The van der Waals surface area contributed by atoms with Gasteiger partial charge in [0.15, 0.2) is 0 Å². The van der Waals surface area contributed by atoms with Crippen molar-refractivity contribution in [3.63, 3.8) is 0 Å². The maximum atomic E-state index is 5.83. The lowest BCUT2D eigenvalue weighted by Crippen LogP contribution is -2.19. The first-order valence-corrected chi connectivity index (χ1v) is 7.15. The molecule has 1 atom stereocenters. The summed E-state index contributed by atoms with van der Waals surface area (Å²) in [7, 11) is 0. The van der Waals surface area contributed by atoms with Gasteiger partial charge < -0.3 is 10.1 Å². The molecule has 1 saturated carbocycles. The van der Waals surface area contributed by atoms with Crippen LogP contribution in [0.3, 0.4) is 0 Å². The van der Waals surface area contributed by atoms with E-state index in [9.17, 15) is 0 Å². The smallest absolute Gasteiger partial charge is 0.0547 e. The van der Waals surface area contributed by atoms with Crippen LogP contribution in [0.15, 0.2) is 0 Å². The highest BCUT2D eigenvalue weighted by Crippen LogP contribution is 2.29.